The number of hydrogen-bond acceptors (Lipinski definition) is 5. The van der Waals surface area contributed by atoms with Crippen LogP contribution in [0.1, 0.15) is 38.8 Å². The summed E-state index contributed by atoms with van der Waals surface area (Å²) in [5.41, 5.74) is 4.12. The van der Waals surface area contributed by atoms with Crippen molar-refractivity contribution in [1.29, 1.82) is 0 Å². The first-order chi connectivity index (χ1) is 13.3. The fourth-order valence-corrected chi connectivity index (χ4v) is 3.08. The molecule has 0 aliphatic carbocycles. The number of anilines is 3. The molecule has 0 aliphatic rings. The van der Waals surface area contributed by atoms with Gasteiger partial charge >= 0.3 is 0 Å². The number of ketones is 1. The van der Waals surface area contributed by atoms with Gasteiger partial charge in [0.25, 0.3) is 5.91 Å². The summed E-state index contributed by atoms with van der Waals surface area (Å²) >= 11 is 6.29. The molecule has 0 radical (unpaired) electrons. The van der Waals surface area contributed by atoms with Gasteiger partial charge in [0, 0.05) is 23.6 Å². The van der Waals surface area contributed by atoms with E-state index in [1.54, 1.807) is 24.3 Å². The minimum atomic E-state index is -0.364. The normalized spacial score (nSPS) is 10.4. The lowest BCUT2D eigenvalue weighted by molar-refractivity contribution is 0.101. The molecular formula is C21H19ClN4O2. The minimum absolute atomic E-state index is 0.0695. The fraction of sp³-hybridized carbons (Fsp3) is 0.143. The van der Waals surface area contributed by atoms with Gasteiger partial charge in [-0.3, -0.25) is 9.59 Å². The van der Waals surface area contributed by atoms with Crippen LogP contribution in [0.4, 0.5) is 17.3 Å². The summed E-state index contributed by atoms with van der Waals surface area (Å²) in [4.78, 5) is 32.2. The molecule has 142 valence electrons. The molecule has 2 N–H and O–H groups in total. The lowest BCUT2D eigenvalue weighted by Gasteiger charge is -2.11. The predicted octanol–water partition coefficient (Wildman–Crippen LogP) is 4.95. The van der Waals surface area contributed by atoms with Crippen LogP contribution in [0.25, 0.3) is 0 Å². The number of rotatable bonds is 5. The van der Waals surface area contributed by atoms with Crippen molar-refractivity contribution in [3.05, 3.63) is 76.1 Å². The number of halogens is 1. The Bertz CT molecular complexity index is 1030. The number of nitrogens with zero attached hydrogens (tertiary/aromatic N) is 2. The van der Waals surface area contributed by atoms with Crippen LogP contribution in [-0.2, 0) is 0 Å². The Labute approximate surface area is 168 Å². The Balaban J connectivity index is 1.73. The number of Topliss-reactive ketones (excluding diaryl/α,β-unsaturated/α-hetero) is 1. The van der Waals surface area contributed by atoms with E-state index in [9.17, 15) is 9.59 Å². The van der Waals surface area contributed by atoms with Gasteiger partial charge in [-0.25, -0.2) is 9.97 Å². The standard InChI is InChI=1S/C21H19ClN4O2/c1-12-7-13(2)19(18(22)8-12)26-21-23-10-16(11-24-21)20(28)25-17-6-4-5-15(9-17)14(3)27/h4-11H,1-3H3,(H,25,28)(H,23,24,26). The highest BCUT2D eigenvalue weighted by molar-refractivity contribution is 6.33. The summed E-state index contributed by atoms with van der Waals surface area (Å²) < 4.78 is 0. The number of hydrogen-bond donors (Lipinski definition) is 2. The molecule has 0 saturated carbocycles. The van der Waals surface area contributed by atoms with E-state index in [0.717, 1.165) is 16.8 Å². The van der Waals surface area contributed by atoms with Crippen LogP contribution >= 0.6 is 11.6 Å². The van der Waals surface area contributed by atoms with Gasteiger partial charge < -0.3 is 10.6 Å². The Kier molecular flexibility index (Phi) is 5.70. The Morgan fingerprint density at radius 1 is 1.00 bits per heavy atom. The second-order valence-electron chi connectivity index (χ2n) is 6.45. The molecule has 1 heterocycles. The van der Waals surface area contributed by atoms with Gasteiger partial charge in [0.15, 0.2) is 5.78 Å². The number of aryl methyl sites for hydroxylation is 2. The first kappa shape index (κ1) is 19.5. The third-order valence-electron chi connectivity index (χ3n) is 4.11. The van der Waals surface area contributed by atoms with Crippen LogP contribution in [0.3, 0.4) is 0 Å². The molecule has 1 aromatic heterocycles. The number of nitrogens with one attached hydrogen (secondary N) is 2. The summed E-state index contributed by atoms with van der Waals surface area (Å²) in [6.07, 6.45) is 2.85. The molecular weight excluding hydrogens is 376 g/mol. The average Bonchev–Trinajstić information content (AvgIpc) is 2.65. The van der Waals surface area contributed by atoms with Crippen LogP contribution in [0.15, 0.2) is 48.8 Å². The monoisotopic (exact) mass is 394 g/mol. The zero-order chi connectivity index (χ0) is 20.3. The van der Waals surface area contributed by atoms with E-state index in [-0.39, 0.29) is 11.7 Å². The van der Waals surface area contributed by atoms with Crippen molar-refractivity contribution in [3.8, 4) is 0 Å². The van der Waals surface area contributed by atoms with Gasteiger partial charge in [-0.15, -0.1) is 0 Å². The second-order valence-corrected chi connectivity index (χ2v) is 6.86. The Morgan fingerprint density at radius 3 is 2.36 bits per heavy atom. The minimum Gasteiger partial charge on any atom is -0.323 e. The van der Waals surface area contributed by atoms with Gasteiger partial charge in [-0.1, -0.05) is 29.8 Å². The maximum atomic E-state index is 12.4. The van der Waals surface area contributed by atoms with Crippen molar-refractivity contribution in [1.82, 2.24) is 9.97 Å². The van der Waals surface area contributed by atoms with Crippen molar-refractivity contribution >= 4 is 40.6 Å². The third kappa shape index (κ3) is 4.53. The molecule has 0 saturated heterocycles. The largest absolute Gasteiger partial charge is 0.323 e. The predicted molar refractivity (Wildman–Crippen MR) is 111 cm³/mol. The second kappa shape index (κ2) is 8.19. The summed E-state index contributed by atoms with van der Waals surface area (Å²) in [7, 11) is 0. The average molecular weight is 395 g/mol. The molecule has 7 heteroatoms. The summed E-state index contributed by atoms with van der Waals surface area (Å²) in [6, 6.07) is 10.6. The SMILES string of the molecule is CC(=O)c1cccc(NC(=O)c2cnc(Nc3c(C)cc(C)cc3Cl)nc2)c1. The van der Waals surface area contributed by atoms with Crippen LogP contribution in [0.2, 0.25) is 5.02 Å². The quantitative estimate of drug-likeness (QED) is 0.598. The van der Waals surface area contributed by atoms with E-state index in [2.05, 4.69) is 20.6 Å². The Morgan fingerprint density at radius 2 is 1.71 bits per heavy atom. The molecule has 1 amide bonds. The molecule has 0 fully saturated rings. The van der Waals surface area contributed by atoms with Crippen molar-refractivity contribution < 1.29 is 9.59 Å². The van der Waals surface area contributed by atoms with Crippen LogP contribution in [0, 0.1) is 13.8 Å². The number of amides is 1. The van der Waals surface area contributed by atoms with E-state index in [1.807, 2.05) is 26.0 Å². The molecule has 0 spiro atoms. The maximum absolute atomic E-state index is 12.4. The molecule has 28 heavy (non-hydrogen) atoms. The van der Waals surface area contributed by atoms with Crippen LogP contribution in [-0.4, -0.2) is 21.7 Å². The van der Waals surface area contributed by atoms with Gasteiger partial charge in [0.05, 0.1) is 16.3 Å². The lowest BCUT2D eigenvalue weighted by Crippen LogP contribution is -2.13. The number of benzene rings is 2. The third-order valence-corrected chi connectivity index (χ3v) is 4.41. The maximum Gasteiger partial charge on any atom is 0.258 e. The van der Waals surface area contributed by atoms with Crippen molar-refractivity contribution in [2.24, 2.45) is 0 Å². The molecule has 0 unspecified atom stereocenters. The summed E-state index contributed by atoms with van der Waals surface area (Å²) in [5, 5.41) is 6.39. The van der Waals surface area contributed by atoms with Crippen molar-refractivity contribution in [2.45, 2.75) is 20.8 Å². The van der Waals surface area contributed by atoms with Crippen LogP contribution in [0.5, 0.6) is 0 Å². The number of carbonyl (C=O) groups excluding carboxylic acids is 2. The van der Waals surface area contributed by atoms with E-state index in [0.29, 0.717) is 27.8 Å². The highest BCUT2D eigenvalue weighted by atomic mass is 35.5. The Hall–Kier alpha value is -3.25. The smallest absolute Gasteiger partial charge is 0.258 e. The highest BCUT2D eigenvalue weighted by Crippen LogP contribution is 2.29. The van der Waals surface area contributed by atoms with Crippen LogP contribution < -0.4 is 10.6 Å². The van der Waals surface area contributed by atoms with E-state index in [1.165, 1.54) is 19.3 Å². The molecule has 3 aromatic rings. The fourth-order valence-electron chi connectivity index (χ4n) is 2.71. The number of carbonyl (C=O) groups is 2. The van der Waals surface area contributed by atoms with Gasteiger partial charge in [-0.2, -0.15) is 0 Å². The van der Waals surface area contributed by atoms with E-state index in [4.69, 9.17) is 11.6 Å². The molecule has 2 aromatic carbocycles. The van der Waals surface area contributed by atoms with Crippen molar-refractivity contribution in [3.63, 3.8) is 0 Å². The topological polar surface area (TPSA) is 84.0 Å². The molecule has 3 rings (SSSR count). The van der Waals surface area contributed by atoms with E-state index < -0.39 is 0 Å². The van der Waals surface area contributed by atoms with Gasteiger partial charge in [0.2, 0.25) is 5.95 Å². The summed E-state index contributed by atoms with van der Waals surface area (Å²) in [6.45, 7) is 5.39. The number of aromatic nitrogens is 2. The molecule has 0 bridgehead atoms. The van der Waals surface area contributed by atoms with Gasteiger partial charge in [0.1, 0.15) is 0 Å². The van der Waals surface area contributed by atoms with E-state index >= 15 is 0 Å². The van der Waals surface area contributed by atoms with Crippen molar-refractivity contribution in [2.75, 3.05) is 10.6 Å². The molecule has 0 aliphatic heterocycles. The van der Waals surface area contributed by atoms with Gasteiger partial charge in [-0.05, 0) is 50.1 Å². The molecule has 6 nitrogen and oxygen atoms in total. The zero-order valence-electron chi connectivity index (χ0n) is 15.7. The lowest BCUT2D eigenvalue weighted by atomic mass is 10.1. The summed E-state index contributed by atoms with van der Waals surface area (Å²) in [5.74, 6) is -0.0966. The zero-order valence-corrected chi connectivity index (χ0v) is 16.5. The first-order valence-corrected chi connectivity index (χ1v) is 8.99. The first-order valence-electron chi connectivity index (χ1n) is 8.61. The highest BCUT2D eigenvalue weighted by Gasteiger charge is 2.11. The molecule has 0 atom stereocenters.